The van der Waals surface area contributed by atoms with Gasteiger partial charge in [0.25, 0.3) is 0 Å². The summed E-state index contributed by atoms with van der Waals surface area (Å²) in [5, 5.41) is 8.68. The van der Waals surface area contributed by atoms with Crippen molar-refractivity contribution in [1.82, 2.24) is 0 Å². The standard InChI is InChI=1S/C16H22O4/c1-3-4-9-19-10-11-20-15-7-5-13(2)12-14(15)6-8-16(17)18/h5-8,12H,3-4,9-11H2,1-2H3,(H,17,18). The van der Waals surface area contributed by atoms with E-state index in [4.69, 9.17) is 14.6 Å². The molecule has 4 nitrogen and oxygen atoms in total. The van der Waals surface area contributed by atoms with Crippen LogP contribution < -0.4 is 4.74 Å². The highest BCUT2D eigenvalue weighted by Gasteiger charge is 2.02. The summed E-state index contributed by atoms with van der Waals surface area (Å²) in [5.41, 5.74) is 1.82. The number of carboxylic acid groups (broad SMARTS) is 1. The first-order chi connectivity index (χ1) is 9.63. The normalized spacial score (nSPS) is 10.9. The van der Waals surface area contributed by atoms with Gasteiger partial charge in [0, 0.05) is 18.2 Å². The summed E-state index contributed by atoms with van der Waals surface area (Å²) in [6.45, 7) is 5.82. The van der Waals surface area contributed by atoms with Crippen molar-refractivity contribution in [2.75, 3.05) is 19.8 Å². The van der Waals surface area contributed by atoms with E-state index in [-0.39, 0.29) is 0 Å². The van der Waals surface area contributed by atoms with Gasteiger partial charge in [-0.1, -0.05) is 25.0 Å². The number of benzene rings is 1. The second kappa shape index (κ2) is 9.15. The average molecular weight is 278 g/mol. The molecule has 0 saturated carbocycles. The van der Waals surface area contributed by atoms with E-state index in [2.05, 4.69) is 6.92 Å². The molecule has 0 heterocycles. The maximum absolute atomic E-state index is 10.6. The molecule has 20 heavy (non-hydrogen) atoms. The van der Waals surface area contributed by atoms with Gasteiger partial charge in [0.15, 0.2) is 0 Å². The zero-order valence-electron chi connectivity index (χ0n) is 12.1. The van der Waals surface area contributed by atoms with Crippen molar-refractivity contribution in [3.05, 3.63) is 35.4 Å². The lowest BCUT2D eigenvalue weighted by atomic mass is 10.1. The van der Waals surface area contributed by atoms with Gasteiger partial charge in [-0.05, 0) is 31.6 Å². The molecule has 0 unspecified atom stereocenters. The van der Waals surface area contributed by atoms with Gasteiger partial charge in [-0.3, -0.25) is 0 Å². The Hall–Kier alpha value is -1.81. The molecule has 4 heteroatoms. The minimum atomic E-state index is -0.972. The van der Waals surface area contributed by atoms with Crippen molar-refractivity contribution in [2.24, 2.45) is 0 Å². The predicted molar refractivity (Wildman–Crippen MR) is 79.1 cm³/mol. The molecule has 1 N–H and O–H groups in total. The quantitative estimate of drug-likeness (QED) is 0.556. The summed E-state index contributed by atoms with van der Waals surface area (Å²) >= 11 is 0. The Kier molecular flexibility index (Phi) is 7.43. The fraction of sp³-hybridized carbons (Fsp3) is 0.438. The molecule has 0 aromatic heterocycles. The fourth-order valence-electron chi connectivity index (χ4n) is 1.65. The lowest BCUT2D eigenvalue weighted by molar-refractivity contribution is -0.131. The number of ether oxygens (including phenoxy) is 2. The van der Waals surface area contributed by atoms with Gasteiger partial charge in [0.05, 0.1) is 6.61 Å². The third-order valence-corrected chi connectivity index (χ3v) is 2.70. The van der Waals surface area contributed by atoms with E-state index in [0.29, 0.717) is 19.0 Å². The molecule has 0 fully saturated rings. The fourth-order valence-corrected chi connectivity index (χ4v) is 1.65. The van der Waals surface area contributed by atoms with Gasteiger partial charge >= 0.3 is 5.97 Å². The van der Waals surface area contributed by atoms with Crippen molar-refractivity contribution < 1.29 is 19.4 Å². The zero-order chi connectivity index (χ0) is 14.8. The molecule has 0 spiro atoms. The zero-order valence-corrected chi connectivity index (χ0v) is 12.1. The molecule has 0 aliphatic heterocycles. The van der Waals surface area contributed by atoms with Gasteiger partial charge in [-0.2, -0.15) is 0 Å². The van der Waals surface area contributed by atoms with Crippen LogP contribution in [0, 0.1) is 6.92 Å². The Morgan fingerprint density at radius 2 is 2.10 bits per heavy atom. The van der Waals surface area contributed by atoms with Crippen LogP contribution in [0.1, 0.15) is 30.9 Å². The van der Waals surface area contributed by atoms with Crippen molar-refractivity contribution in [1.29, 1.82) is 0 Å². The molecule has 0 saturated heterocycles. The van der Waals surface area contributed by atoms with E-state index in [9.17, 15) is 4.79 Å². The SMILES string of the molecule is CCCCOCCOc1ccc(C)cc1C=CC(=O)O. The minimum absolute atomic E-state index is 0.459. The highest BCUT2D eigenvalue weighted by molar-refractivity contribution is 5.85. The average Bonchev–Trinajstić information content (AvgIpc) is 2.42. The number of carboxylic acids is 1. The summed E-state index contributed by atoms with van der Waals surface area (Å²) in [6, 6.07) is 5.68. The highest BCUT2D eigenvalue weighted by Crippen LogP contribution is 2.21. The maximum atomic E-state index is 10.6. The molecule has 0 bridgehead atoms. The van der Waals surface area contributed by atoms with Crippen molar-refractivity contribution >= 4 is 12.0 Å². The van der Waals surface area contributed by atoms with E-state index in [0.717, 1.165) is 36.7 Å². The van der Waals surface area contributed by atoms with Crippen LogP contribution in [0.5, 0.6) is 5.75 Å². The number of rotatable bonds is 9. The van der Waals surface area contributed by atoms with Crippen LogP contribution in [0.4, 0.5) is 0 Å². The number of hydrogen-bond donors (Lipinski definition) is 1. The monoisotopic (exact) mass is 278 g/mol. The molecule has 0 aliphatic rings. The van der Waals surface area contributed by atoms with Crippen LogP contribution in [0.2, 0.25) is 0 Å². The summed E-state index contributed by atoms with van der Waals surface area (Å²) in [4.78, 5) is 10.6. The number of carbonyl (C=O) groups is 1. The summed E-state index contributed by atoms with van der Waals surface area (Å²) < 4.78 is 11.1. The van der Waals surface area contributed by atoms with E-state index in [1.165, 1.54) is 0 Å². The molecule has 0 amide bonds. The van der Waals surface area contributed by atoms with Crippen LogP contribution in [-0.4, -0.2) is 30.9 Å². The molecule has 1 rings (SSSR count). The third kappa shape index (κ3) is 6.38. The first-order valence-corrected chi connectivity index (χ1v) is 6.85. The minimum Gasteiger partial charge on any atom is -0.491 e. The summed E-state index contributed by atoms with van der Waals surface area (Å²) in [6.07, 6.45) is 4.82. The Balaban J connectivity index is 2.53. The molecule has 1 aromatic carbocycles. The van der Waals surface area contributed by atoms with Crippen molar-refractivity contribution in [3.63, 3.8) is 0 Å². The summed E-state index contributed by atoms with van der Waals surface area (Å²) in [7, 11) is 0. The van der Waals surface area contributed by atoms with Gasteiger partial charge in [-0.25, -0.2) is 4.79 Å². The Morgan fingerprint density at radius 3 is 2.80 bits per heavy atom. The van der Waals surface area contributed by atoms with Crippen LogP contribution in [0.3, 0.4) is 0 Å². The number of hydrogen-bond acceptors (Lipinski definition) is 3. The van der Waals surface area contributed by atoms with Gasteiger partial charge in [0.2, 0.25) is 0 Å². The van der Waals surface area contributed by atoms with Crippen LogP contribution in [0.15, 0.2) is 24.3 Å². The molecular weight excluding hydrogens is 256 g/mol. The Labute approximate surface area is 120 Å². The second-order valence-corrected chi connectivity index (χ2v) is 4.53. The maximum Gasteiger partial charge on any atom is 0.328 e. The predicted octanol–water partition coefficient (Wildman–Crippen LogP) is 3.29. The lowest BCUT2D eigenvalue weighted by Gasteiger charge is -2.10. The lowest BCUT2D eigenvalue weighted by Crippen LogP contribution is -2.08. The topological polar surface area (TPSA) is 55.8 Å². The van der Waals surface area contributed by atoms with Crippen LogP contribution in [0.25, 0.3) is 6.08 Å². The molecule has 110 valence electrons. The van der Waals surface area contributed by atoms with Gasteiger partial charge in [0.1, 0.15) is 12.4 Å². The summed E-state index contributed by atoms with van der Waals surface area (Å²) in [5.74, 6) is -0.299. The van der Waals surface area contributed by atoms with Crippen LogP contribution in [-0.2, 0) is 9.53 Å². The van der Waals surface area contributed by atoms with Crippen molar-refractivity contribution in [3.8, 4) is 5.75 Å². The molecule has 0 radical (unpaired) electrons. The number of aryl methyl sites for hydroxylation is 1. The van der Waals surface area contributed by atoms with E-state index >= 15 is 0 Å². The first-order valence-electron chi connectivity index (χ1n) is 6.85. The molecule has 0 aliphatic carbocycles. The van der Waals surface area contributed by atoms with E-state index in [1.807, 2.05) is 25.1 Å². The van der Waals surface area contributed by atoms with Gasteiger partial charge in [-0.15, -0.1) is 0 Å². The van der Waals surface area contributed by atoms with E-state index < -0.39 is 5.97 Å². The molecule has 1 aromatic rings. The van der Waals surface area contributed by atoms with Crippen molar-refractivity contribution in [2.45, 2.75) is 26.7 Å². The number of aliphatic carboxylic acids is 1. The van der Waals surface area contributed by atoms with Gasteiger partial charge < -0.3 is 14.6 Å². The third-order valence-electron chi connectivity index (χ3n) is 2.70. The smallest absolute Gasteiger partial charge is 0.328 e. The molecule has 0 atom stereocenters. The molecular formula is C16H22O4. The second-order valence-electron chi connectivity index (χ2n) is 4.53. The van der Waals surface area contributed by atoms with E-state index in [1.54, 1.807) is 6.08 Å². The Bertz CT molecular complexity index is 452. The number of unbranched alkanes of at least 4 members (excludes halogenated alkanes) is 1. The highest BCUT2D eigenvalue weighted by atomic mass is 16.5. The largest absolute Gasteiger partial charge is 0.491 e. The van der Waals surface area contributed by atoms with Crippen LogP contribution >= 0.6 is 0 Å². The first kappa shape index (κ1) is 16.2. The Morgan fingerprint density at radius 1 is 1.30 bits per heavy atom.